The molecule has 0 aliphatic heterocycles. The molecule has 0 fully saturated rings. The lowest BCUT2D eigenvalue weighted by Crippen LogP contribution is -2.08. The summed E-state index contributed by atoms with van der Waals surface area (Å²) >= 11 is 3.43. The monoisotopic (exact) mass is 309 g/mol. The molecule has 0 atom stereocenters. The summed E-state index contributed by atoms with van der Waals surface area (Å²) in [5.74, 6) is 0.923. The van der Waals surface area contributed by atoms with E-state index in [2.05, 4.69) is 28.1 Å². The zero-order chi connectivity index (χ0) is 13.4. The van der Waals surface area contributed by atoms with Crippen LogP contribution in [0.25, 0.3) is 0 Å². The Hall–Kier alpha value is -1.01. The van der Waals surface area contributed by atoms with Gasteiger partial charge in [0, 0.05) is 5.33 Å². The highest BCUT2D eigenvalue weighted by Gasteiger charge is 2.15. The lowest BCUT2D eigenvalue weighted by atomic mass is 9.89. The van der Waals surface area contributed by atoms with Crippen LogP contribution in [0.1, 0.15) is 38.7 Å². The predicted molar refractivity (Wildman–Crippen MR) is 77.8 cm³/mol. The van der Waals surface area contributed by atoms with Gasteiger partial charge in [-0.05, 0) is 50.8 Å². The number of alkyl halides is 1. The van der Waals surface area contributed by atoms with Gasteiger partial charge in [-0.2, -0.15) is 5.26 Å². The third kappa shape index (κ3) is 5.55. The van der Waals surface area contributed by atoms with Crippen molar-refractivity contribution < 1.29 is 4.74 Å². The number of halogens is 1. The quantitative estimate of drug-likeness (QED) is 0.541. The average Bonchev–Trinajstić information content (AvgIpc) is 2.38. The molecular formula is C15H20BrNO. The minimum Gasteiger partial charge on any atom is -0.494 e. The molecule has 0 amide bonds. The minimum atomic E-state index is -0.212. The molecule has 1 rings (SSSR count). The molecule has 0 unspecified atom stereocenters. The summed E-state index contributed by atoms with van der Waals surface area (Å²) in [5, 5.41) is 9.75. The number of benzene rings is 1. The fourth-order valence-electron chi connectivity index (χ4n) is 1.63. The average molecular weight is 310 g/mol. The van der Waals surface area contributed by atoms with Crippen molar-refractivity contribution in [3.05, 3.63) is 29.8 Å². The van der Waals surface area contributed by atoms with Gasteiger partial charge >= 0.3 is 0 Å². The molecule has 0 N–H and O–H groups in total. The Morgan fingerprint density at radius 2 is 2.11 bits per heavy atom. The van der Waals surface area contributed by atoms with Crippen molar-refractivity contribution in [2.75, 3.05) is 6.61 Å². The second-order valence-corrected chi connectivity index (χ2v) is 5.64. The predicted octanol–water partition coefficient (Wildman–Crippen LogP) is 4.68. The number of ether oxygens (including phenoxy) is 1. The van der Waals surface area contributed by atoms with Crippen LogP contribution in [0.4, 0.5) is 0 Å². The Kier molecular flexibility index (Phi) is 6.21. The minimum absolute atomic E-state index is 0.212. The Morgan fingerprint density at radius 1 is 1.33 bits per heavy atom. The first-order valence-electron chi connectivity index (χ1n) is 6.26. The topological polar surface area (TPSA) is 33.0 Å². The lowest BCUT2D eigenvalue weighted by molar-refractivity contribution is 0.295. The largest absolute Gasteiger partial charge is 0.494 e. The van der Waals surface area contributed by atoms with Crippen molar-refractivity contribution in [2.45, 2.75) is 38.4 Å². The highest BCUT2D eigenvalue weighted by Crippen LogP contribution is 2.22. The molecule has 98 valence electrons. The van der Waals surface area contributed by atoms with E-state index < -0.39 is 0 Å². The lowest BCUT2D eigenvalue weighted by Gasteiger charge is -2.14. The number of nitrogens with zero attached hydrogens (tertiary/aromatic N) is 1. The molecule has 0 saturated heterocycles. The second-order valence-electron chi connectivity index (χ2n) is 5.08. The molecule has 3 heteroatoms. The number of rotatable bonds is 7. The summed E-state index contributed by atoms with van der Waals surface area (Å²) in [7, 11) is 0. The zero-order valence-corrected chi connectivity index (χ0v) is 12.7. The summed E-state index contributed by atoms with van der Waals surface area (Å²) in [5.41, 5.74) is 1.01. The van der Waals surface area contributed by atoms with E-state index in [1.54, 1.807) is 0 Å². The first-order valence-corrected chi connectivity index (χ1v) is 7.38. The highest BCUT2D eigenvalue weighted by atomic mass is 79.9. The van der Waals surface area contributed by atoms with Crippen molar-refractivity contribution in [1.29, 1.82) is 5.26 Å². The molecule has 0 radical (unpaired) electrons. The fraction of sp³-hybridized carbons (Fsp3) is 0.533. The molecular weight excluding hydrogens is 290 g/mol. The maximum absolute atomic E-state index is 8.90. The van der Waals surface area contributed by atoms with Gasteiger partial charge in [0.05, 0.1) is 18.1 Å². The summed E-state index contributed by atoms with van der Waals surface area (Å²) in [6.45, 7) is 4.67. The first kappa shape index (κ1) is 15.0. The Balaban J connectivity index is 2.24. The summed E-state index contributed by atoms with van der Waals surface area (Å²) in [4.78, 5) is 0. The van der Waals surface area contributed by atoms with Gasteiger partial charge in [-0.1, -0.05) is 28.1 Å². The van der Waals surface area contributed by atoms with E-state index in [1.165, 1.54) is 5.56 Å². The van der Waals surface area contributed by atoms with Crippen LogP contribution in [0.2, 0.25) is 0 Å². The molecule has 0 heterocycles. The molecule has 2 nitrogen and oxygen atoms in total. The molecule has 0 aliphatic carbocycles. The van der Waals surface area contributed by atoms with Crippen LogP contribution in [0, 0.1) is 16.7 Å². The third-order valence-corrected chi connectivity index (χ3v) is 3.47. The van der Waals surface area contributed by atoms with Gasteiger partial charge in [-0.3, -0.25) is 0 Å². The molecule has 0 bridgehead atoms. The maximum Gasteiger partial charge on any atom is 0.119 e. The van der Waals surface area contributed by atoms with Crippen molar-refractivity contribution in [3.8, 4) is 11.8 Å². The van der Waals surface area contributed by atoms with Crippen LogP contribution in [-0.4, -0.2) is 6.61 Å². The van der Waals surface area contributed by atoms with Gasteiger partial charge < -0.3 is 4.74 Å². The Morgan fingerprint density at radius 3 is 2.78 bits per heavy atom. The van der Waals surface area contributed by atoms with Crippen LogP contribution in [-0.2, 0) is 5.33 Å². The zero-order valence-electron chi connectivity index (χ0n) is 11.1. The van der Waals surface area contributed by atoms with Crippen LogP contribution >= 0.6 is 15.9 Å². The fourth-order valence-corrected chi connectivity index (χ4v) is 1.98. The number of hydrogen-bond acceptors (Lipinski definition) is 2. The van der Waals surface area contributed by atoms with E-state index in [9.17, 15) is 0 Å². The van der Waals surface area contributed by atoms with E-state index >= 15 is 0 Å². The summed E-state index contributed by atoms with van der Waals surface area (Å²) < 4.78 is 5.69. The molecule has 1 aromatic rings. The van der Waals surface area contributed by atoms with Crippen molar-refractivity contribution in [3.63, 3.8) is 0 Å². The Labute approximate surface area is 118 Å². The van der Waals surface area contributed by atoms with E-state index in [4.69, 9.17) is 10.00 Å². The molecule has 0 aromatic heterocycles. The highest BCUT2D eigenvalue weighted by molar-refractivity contribution is 9.08. The van der Waals surface area contributed by atoms with E-state index in [1.807, 2.05) is 32.0 Å². The molecule has 0 saturated carbocycles. The standard InChI is InChI=1S/C15H20BrNO/c1-15(2,12-17)8-3-4-9-18-14-7-5-6-13(10-14)11-16/h5-7,10H,3-4,8-9,11H2,1-2H3. The van der Waals surface area contributed by atoms with E-state index in [-0.39, 0.29) is 5.41 Å². The second kappa shape index (κ2) is 7.43. The number of nitriles is 1. The molecule has 18 heavy (non-hydrogen) atoms. The SMILES string of the molecule is CC(C)(C#N)CCCCOc1cccc(CBr)c1. The van der Waals surface area contributed by atoms with Crippen molar-refractivity contribution in [2.24, 2.45) is 5.41 Å². The number of unbranched alkanes of at least 4 members (excludes halogenated alkanes) is 1. The van der Waals surface area contributed by atoms with Gasteiger partial charge in [0.15, 0.2) is 0 Å². The number of hydrogen-bond donors (Lipinski definition) is 0. The van der Waals surface area contributed by atoms with E-state index in [0.29, 0.717) is 6.61 Å². The van der Waals surface area contributed by atoms with Crippen LogP contribution in [0.5, 0.6) is 5.75 Å². The molecule has 1 aromatic carbocycles. The van der Waals surface area contributed by atoms with Crippen molar-refractivity contribution in [1.82, 2.24) is 0 Å². The van der Waals surface area contributed by atoms with Gasteiger partial charge in [-0.15, -0.1) is 0 Å². The van der Waals surface area contributed by atoms with Crippen LogP contribution in [0.15, 0.2) is 24.3 Å². The summed E-state index contributed by atoms with van der Waals surface area (Å²) in [6, 6.07) is 10.4. The van der Waals surface area contributed by atoms with Gasteiger partial charge in [0.25, 0.3) is 0 Å². The van der Waals surface area contributed by atoms with Gasteiger partial charge in [0.1, 0.15) is 5.75 Å². The maximum atomic E-state index is 8.90. The van der Waals surface area contributed by atoms with Crippen molar-refractivity contribution >= 4 is 15.9 Å². The summed E-state index contributed by atoms with van der Waals surface area (Å²) in [6.07, 6.45) is 2.94. The third-order valence-electron chi connectivity index (χ3n) is 2.82. The van der Waals surface area contributed by atoms with Gasteiger partial charge in [-0.25, -0.2) is 0 Å². The molecule has 0 aliphatic rings. The first-order chi connectivity index (χ1) is 8.57. The van der Waals surface area contributed by atoms with Crippen LogP contribution in [0.3, 0.4) is 0 Å². The van der Waals surface area contributed by atoms with Crippen LogP contribution < -0.4 is 4.74 Å². The van der Waals surface area contributed by atoms with Gasteiger partial charge in [0.2, 0.25) is 0 Å². The smallest absolute Gasteiger partial charge is 0.119 e. The Bertz CT molecular complexity index is 409. The normalized spacial score (nSPS) is 11.0. The molecule has 0 spiro atoms. The van der Waals surface area contributed by atoms with E-state index in [0.717, 1.165) is 30.3 Å².